The van der Waals surface area contributed by atoms with Crippen molar-refractivity contribution in [3.05, 3.63) is 0 Å². The van der Waals surface area contributed by atoms with Gasteiger partial charge in [0.1, 0.15) is 0 Å². The highest BCUT2D eigenvalue weighted by atomic mass is 16.8. The molecular weight excluding hydrogens is 278 g/mol. The predicted octanol–water partition coefficient (Wildman–Crippen LogP) is 2.14. The van der Waals surface area contributed by atoms with Gasteiger partial charge < -0.3 is 28.4 Å². The van der Waals surface area contributed by atoms with E-state index in [0.717, 1.165) is 0 Å². The van der Waals surface area contributed by atoms with Crippen LogP contribution in [0.3, 0.4) is 0 Å². The first-order valence-corrected chi connectivity index (χ1v) is 7.38. The van der Waals surface area contributed by atoms with E-state index in [1.165, 1.54) is 0 Å². The predicted molar refractivity (Wildman–Crippen MR) is 78.0 cm³/mol. The molecule has 0 rings (SSSR count). The SMILES string of the molecule is CCOC(C)OC(C)OC(C)OC(C)OC(C)(N)OCC. The minimum atomic E-state index is -1.19. The Bertz CT molecular complexity index is 264. The van der Waals surface area contributed by atoms with Gasteiger partial charge in [0.2, 0.25) is 5.91 Å². The summed E-state index contributed by atoms with van der Waals surface area (Å²) in [5, 5.41) is 0. The van der Waals surface area contributed by atoms with Gasteiger partial charge in [-0.2, -0.15) is 0 Å². The Morgan fingerprint density at radius 3 is 1.76 bits per heavy atom. The molecule has 0 aromatic carbocycles. The van der Waals surface area contributed by atoms with Gasteiger partial charge in [-0.15, -0.1) is 0 Å². The smallest absolute Gasteiger partial charge is 0.224 e. The quantitative estimate of drug-likeness (QED) is 0.553. The van der Waals surface area contributed by atoms with Crippen LogP contribution in [0.5, 0.6) is 0 Å². The first-order chi connectivity index (χ1) is 9.70. The fourth-order valence-corrected chi connectivity index (χ4v) is 1.83. The van der Waals surface area contributed by atoms with Gasteiger partial charge in [0.05, 0.1) is 0 Å². The zero-order valence-electron chi connectivity index (χ0n) is 14.3. The number of rotatable bonds is 12. The van der Waals surface area contributed by atoms with Gasteiger partial charge in [-0.25, -0.2) is 0 Å². The average Bonchev–Trinajstić information content (AvgIpc) is 2.26. The topological polar surface area (TPSA) is 81.4 Å². The van der Waals surface area contributed by atoms with Gasteiger partial charge in [-0.05, 0) is 41.5 Å². The summed E-state index contributed by atoms with van der Waals surface area (Å²) in [7, 11) is 0. The first kappa shape index (κ1) is 20.7. The van der Waals surface area contributed by atoms with Crippen LogP contribution < -0.4 is 5.73 Å². The van der Waals surface area contributed by atoms with Crippen molar-refractivity contribution < 1.29 is 28.4 Å². The molecule has 0 aromatic rings. The second-order valence-corrected chi connectivity index (χ2v) is 4.70. The summed E-state index contributed by atoms with van der Waals surface area (Å²) in [4.78, 5) is 0. The fraction of sp³-hybridized carbons (Fsp3) is 1.00. The summed E-state index contributed by atoms with van der Waals surface area (Å²) < 4.78 is 32.5. The third-order valence-electron chi connectivity index (χ3n) is 2.38. The molecule has 0 aliphatic carbocycles. The van der Waals surface area contributed by atoms with Crippen molar-refractivity contribution in [1.29, 1.82) is 0 Å². The fourth-order valence-electron chi connectivity index (χ4n) is 1.83. The molecule has 0 saturated carbocycles. The second kappa shape index (κ2) is 10.4. The Kier molecular flexibility index (Phi) is 10.3. The largest absolute Gasteiger partial charge is 0.353 e. The van der Waals surface area contributed by atoms with Crippen molar-refractivity contribution in [1.82, 2.24) is 0 Å². The molecule has 2 N–H and O–H groups in total. The highest BCUT2D eigenvalue weighted by molar-refractivity contribution is 4.52. The Hall–Kier alpha value is -0.280. The summed E-state index contributed by atoms with van der Waals surface area (Å²) in [6.07, 6.45) is -1.92. The lowest BCUT2D eigenvalue weighted by atomic mass is 10.5. The molecule has 7 heteroatoms. The molecule has 7 nitrogen and oxygen atoms in total. The van der Waals surface area contributed by atoms with E-state index in [2.05, 4.69) is 0 Å². The van der Waals surface area contributed by atoms with E-state index in [1.54, 1.807) is 27.7 Å². The van der Waals surface area contributed by atoms with E-state index in [9.17, 15) is 0 Å². The molecule has 0 amide bonds. The van der Waals surface area contributed by atoms with Crippen molar-refractivity contribution in [2.24, 2.45) is 5.73 Å². The van der Waals surface area contributed by atoms with E-state index in [1.807, 2.05) is 20.8 Å². The third-order valence-corrected chi connectivity index (χ3v) is 2.38. The van der Waals surface area contributed by atoms with Gasteiger partial charge in [0, 0.05) is 20.1 Å². The standard InChI is InChI=1S/C14H31NO6/c1-8-16-10(3)18-11(4)19-12(5)20-13(6)21-14(7,15)17-9-2/h10-13H,8-9,15H2,1-7H3. The molecule has 0 aromatic heterocycles. The van der Waals surface area contributed by atoms with Crippen LogP contribution in [-0.2, 0) is 28.4 Å². The molecule has 0 heterocycles. The summed E-state index contributed by atoms with van der Waals surface area (Å²) >= 11 is 0. The molecular formula is C14H31NO6. The van der Waals surface area contributed by atoms with E-state index in [0.29, 0.717) is 13.2 Å². The first-order valence-electron chi connectivity index (χ1n) is 7.38. The van der Waals surface area contributed by atoms with E-state index >= 15 is 0 Å². The molecule has 0 radical (unpaired) electrons. The molecule has 0 spiro atoms. The number of hydrogen-bond donors (Lipinski definition) is 1. The van der Waals surface area contributed by atoms with Gasteiger partial charge >= 0.3 is 0 Å². The highest BCUT2D eigenvalue weighted by Crippen LogP contribution is 2.12. The maximum atomic E-state index is 5.80. The summed E-state index contributed by atoms with van der Waals surface area (Å²) in [6.45, 7) is 13.4. The van der Waals surface area contributed by atoms with Crippen LogP contribution in [0.4, 0.5) is 0 Å². The van der Waals surface area contributed by atoms with E-state index in [-0.39, 0.29) is 6.29 Å². The monoisotopic (exact) mass is 309 g/mol. The normalized spacial score (nSPS) is 20.6. The summed E-state index contributed by atoms with van der Waals surface area (Å²) in [6, 6.07) is 0. The maximum Gasteiger partial charge on any atom is 0.224 e. The van der Waals surface area contributed by atoms with Crippen molar-refractivity contribution in [2.75, 3.05) is 13.2 Å². The zero-order valence-corrected chi connectivity index (χ0v) is 14.3. The van der Waals surface area contributed by atoms with Crippen molar-refractivity contribution in [3.8, 4) is 0 Å². The van der Waals surface area contributed by atoms with Crippen LogP contribution in [-0.4, -0.2) is 44.3 Å². The molecule has 0 aliphatic rings. The molecule has 5 unspecified atom stereocenters. The van der Waals surface area contributed by atoms with Gasteiger partial charge in [-0.1, -0.05) is 0 Å². The Labute approximate surface area is 128 Å². The molecule has 21 heavy (non-hydrogen) atoms. The molecule has 0 aliphatic heterocycles. The number of hydrogen-bond acceptors (Lipinski definition) is 7. The summed E-state index contributed by atoms with van der Waals surface area (Å²) in [5.41, 5.74) is 5.80. The molecule has 0 fully saturated rings. The van der Waals surface area contributed by atoms with E-state index < -0.39 is 24.8 Å². The Morgan fingerprint density at radius 1 is 0.810 bits per heavy atom. The van der Waals surface area contributed by atoms with Crippen molar-refractivity contribution in [3.63, 3.8) is 0 Å². The molecule has 128 valence electrons. The number of ether oxygens (including phenoxy) is 6. The van der Waals surface area contributed by atoms with Crippen LogP contribution in [0.2, 0.25) is 0 Å². The molecule has 0 saturated heterocycles. The van der Waals surface area contributed by atoms with Gasteiger partial charge in [0.15, 0.2) is 25.2 Å². The third kappa shape index (κ3) is 11.0. The summed E-state index contributed by atoms with van der Waals surface area (Å²) in [5.74, 6) is -1.19. The minimum Gasteiger partial charge on any atom is -0.353 e. The van der Waals surface area contributed by atoms with Crippen LogP contribution in [0.15, 0.2) is 0 Å². The lowest BCUT2D eigenvalue weighted by Crippen LogP contribution is -2.46. The van der Waals surface area contributed by atoms with Crippen molar-refractivity contribution >= 4 is 0 Å². The Morgan fingerprint density at radius 2 is 1.29 bits per heavy atom. The van der Waals surface area contributed by atoms with Crippen LogP contribution in [0, 0.1) is 0 Å². The zero-order chi connectivity index (χ0) is 16.5. The van der Waals surface area contributed by atoms with E-state index in [4.69, 9.17) is 34.2 Å². The van der Waals surface area contributed by atoms with Gasteiger partial charge in [0.25, 0.3) is 0 Å². The van der Waals surface area contributed by atoms with Gasteiger partial charge in [-0.3, -0.25) is 5.73 Å². The van der Waals surface area contributed by atoms with Crippen molar-refractivity contribution in [2.45, 2.75) is 79.5 Å². The van der Waals surface area contributed by atoms with Crippen LogP contribution >= 0.6 is 0 Å². The molecule has 5 atom stereocenters. The number of nitrogens with two attached hydrogens (primary N) is 1. The lowest BCUT2D eigenvalue weighted by molar-refractivity contribution is -0.343. The Balaban J connectivity index is 4.04. The second-order valence-electron chi connectivity index (χ2n) is 4.70. The lowest BCUT2D eigenvalue weighted by Gasteiger charge is -2.30. The highest BCUT2D eigenvalue weighted by Gasteiger charge is 2.24. The maximum absolute atomic E-state index is 5.80. The minimum absolute atomic E-state index is 0.337. The van der Waals surface area contributed by atoms with Crippen LogP contribution in [0.1, 0.15) is 48.5 Å². The van der Waals surface area contributed by atoms with Crippen LogP contribution in [0.25, 0.3) is 0 Å². The molecule has 0 bridgehead atoms. The average molecular weight is 309 g/mol.